The average molecular weight is 423 g/mol. The fourth-order valence-electron chi connectivity index (χ4n) is 3.13. The number of hydrogen-bond acceptors (Lipinski definition) is 7. The minimum atomic E-state index is -0.609. The summed E-state index contributed by atoms with van der Waals surface area (Å²) in [6, 6.07) is 10.2. The number of rotatable bonds is 4. The Kier molecular flexibility index (Phi) is 4.88. The van der Waals surface area contributed by atoms with E-state index in [2.05, 4.69) is 15.0 Å². The summed E-state index contributed by atoms with van der Waals surface area (Å²) in [6.45, 7) is 0. The van der Waals surface area contributed by atoms with Gasteiger partial charge in [-0.15, -0.1) is 0 Å². The molecule has 4 N–H and O–H groups in total. The summed E-state index contributed by atoms with van der Waals surface area (Å²) in [7, 11) is 1.76. The third-order valence-electron chi connectivity index (χ3n) is 4.66. The summed E-state index contributed by atoms with van der Waals surface area (Å²) >= 11 is 5.94. The van der Waals surface area contributed by atoms with Crippen LogP contribution in [0.4, 0.5) is 21.8 Å². The first kappa shape index (κ1) is 19.5. The molecule has 0 aliphatic carbocycles. The largest absolute Gasteiger partial charge is 0.368 e. The Bertz CT molecular complexity index is 1330. The highest BCUT2D eigenvalue weighted by Crippen LogP contribution is 2.32. The van der Waals surface area contributed by atoms with Gasteiger partial charge in [0.25, 0.3) is 0 Å². The highest BCUT2D eigenvalue weighted by atomic mass is 35.5. The average Bonchev–Trinajstić information content (AvgIpc) is 2.75. The number of fused-ring (bicyclic) bond motifs is 1. The molecule has 2 aromatic heterocycles. The molecule has 4 aromatic rings. The zero-order valence-corrected chi connectivity index (χ0v) is 16.5. The number of hydrogen-bond donors (Lipinski definition) is 3. The first-order valence-electron chi connectivity index (χ1n) is 8.77. The van der Waals surface area contributed by atoms with Crippen molar-refractivity contribution in [3.05, 3.63) is 65.2 Å². The van der Waals surface area contributed by atoms with Crippen molar-refractivity contribution in [1.82, 2.24) is 19.5 Å². The Morgan fingerprint density at radius 1 is 1.17 bits per heavy atom. The maximum atomic E-state index is 14.2. The van der Waals surface area contributed by atoms with Gasteiger partial charge in [0.1, 0.15) is 11.6 Å². The highest BCUT2D eigenvalue weighted by molar-refractivity contribution is 6.31. The van der Waals surface area contributed by atoms with Gasteiger partial charge >= 0.3 is 0 Å². The van der Waals surface area contributed by atoms with Crippen LogP contribution < -0.4 is 16.3 Å². The molecule has 0 bridgehead atoms. The lowest BCUT2D eigenvalue weighted by Gasteiger charge is -2.22. The van der Waals surface area contributed by atoms with Crippen molar-refractivity contribution in [2.75, 3.05) is 17.7 Å². The van der Waals surface area contributed by atoms with E-state index in [1.54, 1.807) is 24.3 Å². The van der Waals surface area contributed by atoms with Gasteiger partial charge in [-0.1, -0.05) is 23.7 Å². The van der Waals surface area contributed by atoms with Crippen LogP contribution in [-0.2, 0) is 0 Å². The van der Waals surface area contributed by atoms with Crippen LogP contribution in [0.2, 0.25) is 5.02 Å². The maximum Gasteiger partial charge on any atom is 0.229 e. The molecule has 0 spiro atoms. The molecule has 0 atom stereocenters. The SMILES string of the molecule is CN(c1cccc(-c2cnc(N)nc2)c1)c1nc(=N)n(C=N)c2cc(Cl)c(F)cc12. The van der Waals surface area contributed by atoms with E-state index in [-0.39, 0.29) is 16.6 Å². The van der Waals surface area contributed by atoms with Gasteiger partial charge in [-0.3, -0.25) is 15.4 Å². The maximum absolute atomic E-state index is 14.2. The summed E-state index contributed by atoms with van der Waals surface area (Å²) in [6.07, 6.45) is 4.20. The van der Waals surface area contributed by atoms with E-state index < -0.39 is 5.82 Å². The molecule has 2 aromatic carbocycles. The predicted octanol–water partition coefficient (Wildman–Crippen LogP) is 3.57. The molecule has 30 heavy (non-hydrogen) atoms. The number of anilines is 3. The summed E-state index contributed by atoms with van der Waals surface area (Å²) < 4.78 is 15.5. The van der Waals surface area contributed by atoms with Crippen LogP contribution in [0, 0.1) is 16.6 Å². The predicted molar refractivity (Wildman–Crippen MR) is 115 cm³/mol. The Morgan fingerprint density at radius 3 is 2.60 bits per heavy atom. The molecular formula is C20H16ClFN8. The normalized spacial score (nSPS) is 10.9. The van der Waals surface area contributed by atoms with Gasteiger partial charge in [-0.2, -0.15) is 4.98 Å². The van der Waals surface area contributed by atoms with E-state index >= 15 is 0 Å². The summed E-state index contributed by atoms with van der Waals surface area (Å²) in [4.78, 5) is 14.1. The first-order valence-corrected chi connectivity index (χ1v) is 9.15. The molecule has 4 rings (SSSR count). The van der Waals surface area contributed by atoms with Gasteiger partial charge < -0.3 is 10.6 Å². The summed E-state index contributed by atoms with van der Waals surface area (Å²) in [5.41, 5.74) is 8.18. The van der Waals surface area contributed by atoms with Crippen molar-refractivity contribution in [2.45, 2.75) is 0 Å². The molecule has 0 saturated carbocycles. The van der Waals surface area contributed by atoms with E-state index in [0.29, 0.717) is 16.7 Å². The molecule has 0 aliphatic heterocycles. The molecule has 2 heterocycles. The lowest BCUT2D eigenvalue weighted by Crippen LogP contribution is -2.26. The molecule has 0 aliphatic rings. The molecule has 0 fully saturated rings. The fourth-order valence-corrected chi connectivity index (χ4v) is 3.29. The van der Waals surface area contributed by atoms with Gasteiger partial charge in [-0.25, -0.2) is 14.4 Å². The smallest absolute Gasteiger partial charge is 0.229 e. The second kappa shape index (κ2) is 7.53. The second-order valence-electron chi connectivity index (χ2n) is 6.48. The van der Waals surface area contributed by atoms with Crippen LogP contribution >= 0.6 is 11.6 Å². The number of halogens is 2. The Balaban J connectivity index is 1.88. The van der Waals surface area contributed by atoms with Gasteiger partial charge in [0, 0.05) is 36.1 Å². The number of aromatic nitrogens is 4. The zero-order valence-electron chi connectivity index (χ0n) is 15.8. The molecule has 0 saturated heterocycles. The van der Waals surface area contributed by atoms with Crippen LogP contribution in [0.1, 0.15) is 0 Å². The topological polar surface area (TPSA) is 121 Å². The van der Waals surface area contributed by atoms with Crippen molar-refractivity contribution >= 4 is 46.3 Å². The fraction of sp³-hybridized carbons (Fsp3) is 0.0500. The van der Waals surface area contributed by atoms with Gasteiger partial charge in [0.15, 0.2) is 0 Å². The minimum absolute atomic E-state index is 0.0948. The van der Waals surface area contributed by atoms with Crippen LogP contribution in [0.15, 0.2) is 48.8 Å². The quantitative estimate of drug-likeness (QED) is 0.343. The van der Waals surface area contributed by atoms with Crippen molar-refractivity contribution in [3.8, 4) is 11.1 Å². The molecule has 0 unspecified atom stereocenters. The number of nitrogens with two attached hydrogens (primary N) is 1. The number of benzene rings is 2. The van der Waals surface area contributed by atoms with E-state index in [1.165, 1.54) is 16.7 Å². The molecule has 0 radical (unpaired) electrons. The van der Waals surface area contributed by atoms with Gasteiger partial charge in [-0.05, 0) is 29.8 Å². The van der Waals surface area contributed by atoms with Crippen LogP contribution in [0.25, 0.3) is 22.0 Å². The third-order valence-corrected chi connectivity index (χ3v) is 4.95. The van der Waals surface area contributed by atoms with E-state index in [1.807, 2.05) is 24.3 Å². The standard InChI is InChI=1S/C20H16ClFN8/c1-29(13-4-2-3-11(5-13)12-8-26-19(24)27-9-12)18-14-6-16(22)15(21)7-17(14)30(10-23)20(25)28-18/h2-10,23,25H,1H3,(H2,24,26,27). The number of nitrogens with one attached hydrogen (secondary N) is 2. The molecule has 0 amide bonds. The Morgan fingerprint density at radius 2 is 1.90 bits per heavy atom. The highest BCUT2D eigenvalue weighted by Gasteiger charge is 2.16. The van der Waals surface area contributed by atoms with Crippen molar-refractivity contribution in [1.29, 1.82) is 10.8 Å². The summed E-state index contributed by atoms with van der Waals surface area (Å²) in [5.74, 6) is -0.0628. The van der Waals surface area contributed by atoms with E-state index in [9.17, 15) is 4.39 Å². The minimum Gasteiger partial charge on any atom is -0.368 e. The Labute approximate surface area is 175 Å². The van der Waals surface area contributed by atoms with Gasteiger partial charge in [0.05, 0.1) is 16.9 Å². The van der Waals surface area contributed by atoms with Crippen molar-refractivity contribution in [2.24, 2.45) is 0 Å². The molecule has 10 heteroatoms. The van der Waals surface area contributed by atoms with Crippen LogP contribution in [-0.4, -0.2) is 32.9 Å². The van der Waals surface area contributed by atoms with Crippen molar-refractivity contribution in [3.63, 3.8) is 0 Å². The monoisotopic (exact) mass is 422 g/mol. The van der Waals surface area contributed by atoms with Crippen LogP contribution in [0.5, 0.6) is 0 Å². The molecule has 150 valence electrons. The number of nitrogens with zero attached hydrogens (tertiary/aromatic N) is 5. The molecule has 8 nitrogen and oxygen atoms in total. The lowest BCUT2D eigenvalue weighted by atomic mass is 10.1. The molecular weight excluding hydrogens is 407 g/mol. The second-order valence-corrected chi connectivity index (χ2v) is 6.89. The number of nitrogen functional groups attached to an aromatic ring is 1. The van der Waals surface area contributed by atoms with Crippen LogP contribution in [0.3, 0.4) is 0 Å². The van der Waals surface area contributed by atoms with Crippen molar-refractivity contribution < 1.29 is 4.39 Å². The van der Waals surface area contributed by atoms with E-state index in [0.717, 1.165) is 23.2 Å². The third kappa shape index (κ3) is 3.35. The van der Waals surface area contributed by atoms with Gasteiger partial charge in [0.2, 0.25) is 11.6 Å². The summed E-state index contributed by atoms with van der Waals surface area (Å²) in [5, 5.41) is 16.1. The Hall–Kier alpha value is -3.85. The lowest BCUT2D eigenvalue weighted by molar-refractivity contribution is 0.629. The van der Waals surface area contributed by atoms with E-state index in [4.69, 9.17) is 28.2 Å². The first-order chi connectivity index (χ1) is 14.4. The zero-order chi connectivity index (χ0) is 21.4.